The molecule has 0 saturated carbocycles. The average molecular weight is 243 g/mol. The fraction of sp³-hybridized carbons (Fsp3) is 0.375. The summed E-state index contributed by atoms with van der Waals surface area (Å²) in [5.41, 5.74) is -0.185. The minimum atomic E-state index is -0.585. The fourth-order valence-corrected chi connectivity index (χ4v) is 1.57. The zero-order valence-corrected chi connectivity index (χ0v) is 9.43. The molecule has 0 N–H and O–H groups in total. The van der Waals surface area contributed by atoms with Crippen molar-refractivity contribution < 1.29 is 14.5 Å². The Morgan fingerprint density at radius 3 is 2.56 bits per heavy atom. The molecule has 1 aromatic heterocycles. The van der Waals surface area contributed by atoms with E-state index in [1.54, 1.807) is 6.92 Å². The summed E-state index contributed by atoms with van der Waals surface area (Å²) in [6.07, 6.45) is 2.19. The minimum absolute atomic E-state index is 0.185. The first-order chi connectivity index (χ1) is 7.54. The number of esters is 1. The molecule has 0 aliphatic heterocycles. The Balaban J connectivity index is 2.68. The van der Waals surface area contributed by atoms with E-state index in [4.69, 9.17) is 0 Å². The highest BCUT2D eigenvalue weighted by Crippen LogP contribution is 2.20. The average Bonchev–Trinajstić information content (AvgIpc) is 2.28. The molecule has 1 rings (SSSR count). The summed E-state index contributed by atoms with van der Waals surface area (Å²) in [7, 11) is 1.29. The maximum absolute atomic E-state index is 11.1. The molecule has 0 amide bonds. The normalized spacial score (nSPS) is 11.9. The number of nitrogens with zero attached hydrogens (tertiary/aromatic N) is 3. The molecule has 1 aromatic rings. The lowest BCUT2D eigenvalue weighted by atomic mass is 10.5. The van der Waals surface area contributed by atoms with Crippen molar-refractivity contribution in [1.82, 2.24) is 9.97 Å². The summed E-state index contributed by atoms with van der Waals surface area (Å²) in [4.78, 5) is 28.4. The second-order valence-corrected chi connectivity index (χ2v) is 4.07. The molecule has 86 valence electrons. The van der Waals surface area contributed by atoms with E-state index in [1.165, 1.54) is 7.11 Å². The van der Waals surface area contributed by atoms with Crippen molar-refractivity contribution in [2.45, 2.75) is 17.3 Å². The zero-order chi connectivity index (χ0) is 12.1. The first-order valence-corrected chi connectivity index (χ1v) is 5.13. The van der Waals surface area contributed by atoms with Crippen LogP contribution in [-0.2, 0) is 9.53 Å². The molecule has 0 aromatic carbocycles. The summed E-state index contributed by atoms with van der Waals surface area (Å²) in [6.45, 7) is 1.64. The number of hydrogen-bond donors (Lipinski definition) is 0. The van der Waals surface area contributed by atoms with Crippen molar-refractivity contribution in [3.8, 4) is 0 Å². The number of hydrogen-bond acceptors (Lipinski definition) is 7. The van der Waals surface area contributed by atoms with Crippen molar-refractivity contribution in [2.24, 2.45) is 0 Å². The van der Waals surface area contributed by atoms with Gasteiger partial charge in [-0.3, -0.25) is 14.9 Å². The fourth-order valence-electron chi connectivity index (χ4n) is 0.837. The maximum Gasteiger partial charge on any atom is 0.318 e. The van der Waals surface area contributed by atoms with Gasteiger partial charge in [-0.1, -0.05) is 11.8 Å². The van der Waals surface area contributed by atoms with Gasteiger partial charge in [0.2, 0.25) is 0 Å². The van der Waals surface area contributed by atoms with Gasteiger partial charge in [0.05, 0.1) is 12.0 Å². The molecule has 0 saturated heterocycles. The highest BCUT2D eigenvalue weighted by molar-refractivity contribution is 8.00. The SMILES string of the molecule is COC(=O)C(C)Sc1ncc([N+](=O)[O-])cn1. The third kappa shape index (κ3) is 3.16. The van der Waals surface area contributed by atoms with Gasteiger partial charge in [-0.05, 0) is 6.92 Å². The van der Waals surface area contributed by atoms with Gasteiger partial charge < -0.3 is 4.74 Å². The van der Waals surface area contributed by atoms with Gasteiger partial charge in [0.1, 0.15) is 17.6 Å². The first kappa shape index (κ1) is 12.4. The lowest BCUT2D eigenvalue weighted by molar-refractivity contribution is -0.385. The van der Waals surface area contributed by atoms with Crippen LogP contribution in [0.15, 0.2) is 17.6 Å². The Hall–Kier alpha value is -1.70. The summed E-state index contributed by atoms with van der Waals surface area (Å²) in [5, 5.41) is 10.2. The zero-order valence-electron chi connectivity index (χ0n) is 8.61. The molecule has 1 heterocycles. The number of nitro groups is 1. The Morgan fingerprint density at radius 1 is 1.56 bits per heavy atom. The van der Waals surface area contributed by atoms with Gasteiger partial charge >= 0.3 is 11.7 Å². The lowest BCUT2D eigenvalue weighted by Gasteiger charge is -2.06. The molecule has 16 heavy (non-hydrogen) atoms. The van der Waals surface area contributed by atoms with Crippen molar-refractivity contribution in [3.05, 3.63) is 22.5 Å². The molecule has 0 spiro atoms. The molecule has 0 bridgehead atoms. The van der Waals surface area contributed by atoms with E-state index < -0.39 is 16.1 Å². The molecule has 1 unspecified atom stereocenters. The van der Waals surface area contributed by atoms with Crippen LogP contribution in [-0.4, -0.2) is 33.2 Å². The smallest absolute Gasteiger partial charge is 0.318 e. The number of carbonyl (C=O) groups is 1. The van der Waals surface area contributed by atoms with Crippen LogP contribution in [0.1, 0.15) is 6.92 Å². The molecule has 7 nitrogen and oxygen atoms in total. The van der Waals surface area contributed by atoms with Crippen molar-refractivity contribution >= 4 is 23.4 Å². The molecule has 1 atom stereocenters. The second-order valence-electron chi connectivity index (χ2n) is 2.76. The second kappa shape index (κ2) is 5.40. The van der Waals surface area contributed by atoms with E-state index in [0.29, 0.717) is 5.16 Å². The highest BCUT2D eigenvalue weighted by Gasteiger charge is 2.16. The largest absolute Gasteiger partial charge is 0.468 e. The number of thioether (sulfide) groups is 1. The van der Waals surface area contributed by atoms with Gasteiger partial charge in [-0.15, -0.1) is 0 Å². The van der Waals surface area contributed by atoms with Crippen LogP contribution in [0.2, 0.25) is 0 Å². The molecule has 0 fully saturated rings. The third-order valence-electron chi connectivity index (χ3n) is 1.64. The Labute approximate surface area is 95.4 Å². The van der Waals surface area contributed by atoms with E-state index in [9.17, 15) is 14.9 Å². The first-order valence-electron chi connectivity index (χ1n) is 4.25. The molecular formula is C8H9N3O4S. The van der Waals surface area contributed by atoms with Crippen molar-refractivity contribution in [3.63, 3.8) is 0 Å². The van der Waals surface area contributed by atoms with E-state index in [1.807, 2.05) is 0 Å². The Bertz CT molecular complexity index is 395. The number of methoxy groups -OCH3 is 1. The van der Waals surface area contributed by atoms with Crippen LogP contribution in [0.3, 0.4) is 0 Å². The molecular weight excluding hydrogens is 234 g/mol. The van der Waals surface area contributed by atoms with Crippen LogP contribution in [0.4, 0.5) is 5.69 Å². The number of ether oxygens (including phenoxy) is 1. The maximum atomic E-state index is 11.1. The summed E-state index contributed by atoms with van der Waals surface area (Å²) < 4.78 is 4.52. The van der Waals surface area contributed by atoms with Gasteiger partial charge in [0, 0.05) is 0 Å². The van der Waals surface area contributed by atoms with E-state index in [0.717, 1.165) is 24.2 Å². The Morgan fingerprint density at radius 2 is 2.12 bits per heavy atom. The quantitative estimate of drug-likeness (QED) is 0.256. The van der Waals surface area contributed by atoms with Gasteiger partial charge in [0.25, 0.3) is 0 Å². The van der Waals surface area contributed by atoms with Gasteiger partial charge in [-0.2, -0.15) is 0 Å². The number of rotatable bonds is 4. The van der Waals surface area contributed by atoms with Crippen LogP contribution in [0, 0.1) is 10.1 Å². The van der Waals surface area contributed by atoms with E-state index >= 15 is 0 Å². The molecule has 0 radical (unpaired) electrons. The van der Waals surface area contributed by atoms with Crippen LogP contribution >= 0.6 is 11.8 Å². The van der Waals surface area contributed by atoms with E-state index in [2.05, 4.69) is 14.7 Å². The number of aromatic nitrogens is 2. The predicted molar refractivity (Wildman–Crippen MR) is 56.0 cm³/mol. The number of carbonyl (C=O) groups excluding carboxylic acids is 1. The van der Waals surface area contributed by atoms with Crippen molar-refractivity contribution in [2.75, 3.05) is 7.11 Å². The summed E-state index contributed by atoms with van der Waals surface area (Å²) in [6, 6.07) is 0. The predicted octanol–water partition coefficient (Wildman–Crippen LogP) is 1.04. The molecule has 0 aliphatic rings. The monoisotopic (exact) mass is 243 g/mol. The van der Waals surface area contributed by atoms with Crippen LogP contribution in [0.5, 0.6) is 0 Å². The van der Waals surface area contributed by atoms with Crippen molar-refractivity contribution in [1.29, 1.82) is 0 Å². The van der Waals surface area contributed by atoms with Crippen LogP contribution < -0.4 is 0 Å². The molecule has 0 aliphatic carbocycles. The standard InChI is InChI=1S/C8H9N3O4S/c1-5(7(12)15-2)16-8-9-3-6(4-10-8)11(13)14/h3-5H,1-2H3. The Kier molecular flexibility index (Phi) is 4.18. The third-order valence-corrected chi connectivity index (χ3v) is 2.61. The minimum Gasteiger partial charge on any atom is -0.468 e. The van der Waals surface area contributed by atoms with Gasteiger partial charge in [-0.25, -0.2) is 9.97 Å². The van der Waals surface area contributed by atoms with Gasteiger partial charge in [0.15, 0.2) is 5.16 Å². The topological polar surface area (TPSA) is 95.2 Å². The lowest BCUT2D eigenvalue weighted by Crippen LogP contribution is -2.15. The van der Waals surface area contributed by atoms with Crippen LogP contribution in [0.25, 0.3) is 0 Å². The highest BCUT2D eigenvalue weighted by atomic mass is 32.2. The molecule has 8 heteroatoms. The summed E-state index contributed by atoms with van der Waals surface area (Å²) >= 11 is 1.08. The van der Waals surface area contributed by atoms with E-state index in [-0.39, 0.29) is 5.69 Å². The summed E-state index contributed by atoms with van der Waals surface area (Å²) in [5.74, 6) is -0.396.